The van der Waals surface area contributed by atoms with Crippen molar-refractivity contribution in [2.45, 2.75) is 12.3 Å². The summed E-state index contributed by atoms with van der Waals surface area (Å²) in [6, 6.07) is 12.6. The number of rotatable bonds is 9. The Morgan fingerprint density at radius 3 is 2.67 bits per heavy atom. The summed E-state index contributed by atoms with van der Waals surface area (Å²) in [7, 11) is 5.38. The lowest BCUT2D eigenvalue weighted by Crippen LogP contribution is -2.15. The largest absolute Gasteiger partial charge is 0.490 e. The molecule has 0 saturated carbocycles. The van der Waals surface area contributed by atoms with Gasteiger partial charge in [-0.2, -0.15) is 0 Å². The SMILES string of the molecule is COc1ccc(CSCC(=O)Nc2cccc(CN(C)C)c2)cc1[N+](=O)[O-]. The zero-order valence-corrected chi connectivity index (χ0v) is 16.4. The number of carbonyl (C=O) groups is 1. The highest BCUT2D eigenvalue weighted by Gasteiger charge is 2.15. The second kappa shape index (κ2) is 9.94. The molecule has 0 atom stereocenters. The summed E-state index contributed by atoms with van der Waals surface area (Å²) in [6.45, 7) is 0.800. The molecule has 2 aromatic carbocycles. The van der Waals surface area contributed by atoms with Crippen LogP contribution in [0.4, 0.5) is 11.4 Å². The van der Waals surface area contributed by atoms with Gasteiger partial charge in [-0.15, -0.1) is 11.8 Å². The normalized spacial score (nSPS) is 10.7. The van der Waals surface area contributed by atoms with Crippen LogP contribution in [0.3, 0.4) is 0 Å². The van der Waals surface area contributed by atoms with E-state index in [9.17, 15) is 14.9 Å². The fraction of sp³-hybridized carbons (Fsp3) is 0.316. The Labute approximate surface area is 162 Å². The van der Waals surface area contributed by atoms with Crippen LogP contribution in [0.1, 0.15) is 11.1 Å². The maximum absolute atomic E-state index is 12.1. The molecule has 0 aromatic heterocycles. The summed E-state index contributed by atoms with van der Waals surface area (Å²) in [4.78, 5) is 24.8. The van der Waals surface area contributed by atoms with E-state index < -0.39 is 4.92 Å². The van der Waals surface area contributed by atoms with Crippen molar-refractivity contribution in [3.8, 4) is 5.75 Å². The number of benzene rings is 2. The molecule has 1 amide bonds. The van der Waals surface area contributed by atoms with E-state index in [2.05, 4.69) is 10.2 Å². The van der Waals surface area contributed by atoms with Crippen LogP contribution in [-0.4, -0.2) is 42.7 Å². The summed E-state index contributed by atoms with van der Waals surface area (Å²) >= 11 is 1.40. The Kier molecular flexibility index (Phi) is 7.63. The standard InChI is InChI=1S/C19H23N3O4S/c1-21(2)11-14-5-4-6-16(9-14)20-19(23)13-27-12-15-7-8-18(26-3)17(10-15)22(24)25/h4-10H,11-13H2,1-3H3,(H,20,23). The van der Waals surface area contributed by atoms with Crippen molar-refractivity contribution in [3.63, 3.8) is 0 Å². The van der Waals surface area contributed by atoms with E-state index in [0.29, 0.717) is 5.75 Å². The van der Waals surface area contributed by atoms with E-state index in [0.717, 1.165) is 23.4 Å². The van der Waals surface area contributed by atoms with Crippen molar-refractivity contribution in [2.75, 3.05) is 32.3 Å². The number of thioether (sulfide) groups is 1. The molecular formula is C19H23N3O4S. The lowest BCUT2D eigenvalue weighted by atomic mass is 10.2. The molecular weight excluding hydrogens is 366 g/mol. The van der Waals surface area contributed by atoms with Crippen LogP contribution in [0.25, 0.3) is 0 Å². The van der Waals surface area contributed by atoms with Gasteiger partial charge in [0.05, 0.1) is 17.8 Å². The Morgan fingerprint density at radius 1 is 1.22 bits per heavy atom. The molecule has 0 aliphatic heterocycles. The van der Waals surface area contributed by atoms with Crippen LogP contribution in [0.5, 0.6) is 5.75 Å². The number of hydrogen-bond acceptors (Lipinski definition) is 6. The molecule has 27 heavy (non-hydrogen) atoms. The van der Waals surface area contributed by atoms with Gasteiger partial charge >= 0.3 is 5.69 Å². The molecule has 0 spiro atoms. The summed E-state index contributed by atoms with van der Waals surface area (Å²) < 4.78 is 4.99. The van der Waals surface area contributed by atoms with Crippen molar-refractivity contribution in [2.24, 2.45) is 0 Å². The molecule has 1 N–H and O–H groups in total. The third-order valence-electron chi connectivity index (χ3n) is 3.65. The zero-order valence-electron chi connectivity index (χ0n) is 15.6. The van der Waals surface area contributed by atoms with Gasteiger partial charge in [0.2, 0.25) is 5.91 Å². The van der Waals surface area contributed by atoms with Gasteiger partial charge in [0, 0.05) is 24.1 Å². The quantitative estimate of drug-likeness (QED) is 0.522. The summed E-state index contributed by atoms with van der Waals surface area (Å²) in [5.74, 6) is 0.880. The van der Waals surface area contributed by atoms with Gasteiger partial charge in [0.25, 0.3) is 0 Å². The fourth-order valence-corrected chi connectivity index (χ4v) is 3.31. The third kappa shape index (κ3) is 6.58. The lowest BCUT2D eigenvalue weighted by molar-refractivity contribution is -0.385. The van der Waals surface area contributed by atoms with Gasteiger partial charge in [-0.05, 0) is 43.4 Å². The van der Waals surface area contributed by atoms with Crippen LogP contribution in [0.2, 0.25) is 0 Å². The molecule has 7 nitrogen and oxygen atoms in total. The van der Waals surface area contributed by atoms with E-state index in [1.54, 1.807) is 12.1 Å². The third-order valence-corrected chi connectivity index (χ3v) is 4.66. The van der Waals surface area contributed by atoms with Crippen molar-refractivity contribution in [3.05, 3.63) is 63.7 Å². The van der Waals surface area contributed by atoms with Crippen molar-refractivity contribution >= 4 is 29.0 Å². The lowest BCUT2D eigenvalue weighted by Gasteiger charge is -2.11. The first-order valence-corrected chi connectivity index (χ1v) is 9.47. The van der Waals surface area contributed by atoms with Crippen LogP contribution < -0.4 is 10.1 Å². The number of nitrogens with zero attached hydrogens (tertiary/aromatic N) is 2. The molecule has 0 aliphatic carbocycles. The minimum absolute atomic E-state index is 0.0715. The number of anilines is 1. The molecule has 0 unspecified atom stereocenters. The highest BCUT2D eigenvalue weighted by Crippen LogP contribution is 2.29. The first-order valence-electron chi connectivity index (χ1n) is 8.31. The van der Waals surface area contributed by atoms with Crippen molar-refractivity contribution in [1.82, 2.24) is 4.90 Å². The molecule has 0 radical (unpaired) electrons. The van der Waals surface area contributed by atoms with Crippen LogP contribution >= 0.6 is 11.8 Å². The number of nitro benzene ring substituents is 1. The topological polar surface area (TPSA) is 84.7 Å². The number of nitrogens with one attached hydrogen (secondary N) is 1. The first-order chi connectivity index (χ1) is 12.9. The maximum Gasteiger partial charge on any atom is 0.311 e. The summed E-state index contributed by atoms with van der Waals surface area (Å²) in [5.41, 5.74) is 2.59. The number of hydrogen-bond donors (Lipinski definition) is 1. The summed E-state index contributed by atoms with van der Waals surface area (Å²) in [6.07, 6.45) is 0. The average molecular weight is 389 g/mol. The average Bonchev–Trinajstić information content (AvgIpc) is 2.61. The first kappa shape index (κ1) is 20.7. The Hall–Kier alpha value is -2.58. The van der Waals surface area contributed by atoms with E-state index in [1.807, 2.05) is 38.4 Å². The minimum Gasteiger partial charge on any atom is -0.490 e. The molecule has 0 fully saturated rings. The number of nitro groups is 1. The van der Waals surface area contributed by atoms with Crippen LogP contribution in [0, 0.1) is 10.1 Å². The fourth-order valence-electron chi connectivity index (χ4n) is 2.54. The molecule has 0 heterocycles. The molecule has 2 rings (SSSR count). The molecule has 8 heteroatoms. The number of carbonyl (C=O) groups excluding carboxylic acids is 1. The predicted octanol–water partition coefficient (Wildman–Crippen LogP) is 3.54. The predicted molar refractivity (Wildman–Crippen MR) is 108 cm³/mol. The monoisotopic (exact) mass is 389 g/mol. The number of amides is 1. The van der Waals surface area contributed by atoms with Gasteiger partial charge in [0.15, 0.2) is 5.75 Å². The van der Waals surface area contributed by atoms with Crippen LogP contribution in [0.15, 0.2) is 42.5 Å². The molecule has 0 aliphatic rings. The number of ether oxygens (including phenoxy) is 1. The smallest absolute Gasteiger partial charge is 0.311 e. The highest BCUT2D eigenvalue weighted by molar-refractivity contribution is 7.99. The molecule has 0 saturated heterocycles. The Bertz CT molecular complexity index is 811. The molecule has 2 aromatic rings. The van der Waals surface area contributed by atoms with Gasteiger partial charge < -0.3 is 15.0 Å². The van der Waals surface area contributed by atoms with Crippen molar-refractivity contribution < 1.29 is 14.5 Å². The maximum atomic E-state index is 12.1. The van der Waals surface area contributed by atoms with Gasteiger partial charge in [-0.1, -0.05) is 18.2 Å². The van der Waals surface area contributed by atoms with E-state index >= 15 is 0 Å². The molecule has 144 valence electrons. The van der Waals surface area contributed by atoms with Gasteiger partial charge in [0.1, 0.15) is 0 Å². The minimum atomic E-state index is -0.472. The highest BCUT2D eigenvalue weighted by atomic mass is 32.2. The Balaban J connectivity index is 1.88. The van der Waals surface area contributed by atoms with E-state index in [1.165, 1.54) is 24.9 Å². The second-order valence-corrected chi connectivity index (χ2v) is 7.23. The van der Waals surface area contributed by atoms with E-state index in [-0.39, 0.29) is 23.1 Å². The summed E-state index contributed by atoms with van der Waals surface area (Å²) in [5, 5.41) is 13.9. The Morgan fingerprint density at radius 2 is 2.00 bits per heavy atom. The van der Waals surface area contributed by atoms with E-state index in [4.69, 9.17) is 4.74 Å². The van der Waals surface area contributed by atoms with Gasteiger partial charge in [-0.25, -0.2) is 0 Å². The van der Waals surface area contributed by atoms with Crippen molar-refractivity contribution in [1.29, 1.82) is 0 Å². The zero-order chi connectivity index (χ0) is 19.8. The van der Waals surface area contributed by atoms with Gasteiger partial charge in [-0.3, -0.25) is 14.9 Å². The van der Waals surface area contributed by atoms with Crippen LogP contribution in [-0.2, 0) is 17.1 Å². The number of methoxy groups -OCH3 is 1. The second-order valence-electron chi connectivity index (χ2n) is 6.24. The molecule has 0 bridgehead atoms.